The van der Waals surface area contributed by atoms with Crippen molar-refractivity contribution in [3.63, 3.8) is 0 Å². The number of piperidine rings is 1. The minimum atomic E-state index is -0.212. The Kier molecular flexibility index (Phi) is 4.02. The lowest BCUT2D eigenvalue weighted by atomic mass is 9.91. The van der Waals surface area contributed by atoms with Gasteiger partial charge in [-0.2, -0.15) is 0 Å². The van der Waals surface area contributed by atoms with E-state index in [0.717, 1.165) is 18.4 Å². The van der Waals surface area contributed by atoms with Crippen molar-refractivity contribution in [3.05, 3.63) is 35.9 Å². The average Bonchev–Trinajstić information content (AvgIpc) is 2.40. The molecule has 3 atom stereocenters. The SMILES string of the molecule is C[C@H]1CC[C@H](C)N([C@@H](CO)c2ccccc2)C1=O. The first kappa shape index (κ1) is 13.1. The molecule has 18 heavy (non-hydrogen) atoms. The Labute approximate surface area is 108 Å². The van der Waals surface area contributed by atoms with E-state index in [-0.39, 0.29) is 30.5 Å². The highest BCUT2D eigenvalue weighted by Crippen LogP contribution is 2.31. The first-order chi connectivity index (χ1) is 8.65. The van der Waals surface area contributed by atoms with E-state index < -0.39 is 0 Å². The van der Waals surface area contributed by atoms with Gasteiger partial charge in [-0.05, 0) is 25.3 Å². The molecule has 1 aromatic rings. The fraction of sp³-hybridized carbons (Fsp3) is 0.533. The number of nitrogens with zero attached hydrogens (tertiary/aromatic N) is 1. The van der Waals surface area contributed by atoms with E-state index in [4.69, 9.17) is 0 Å². The van der Waals surface area contributed by atoms with Crippen LogP contribution in [0, 0.1) is 5.92 Å². The Morgan fingerprint density at radius 3 is 2.56 bits per heavy atom. The van der Waals surface area contributed by atoms with Gasteiger partial charge in [-0.25, -0.2) is 0 Å². The van der Waals surface area contributed by atoms with E-state index in [2.05, 4.69) is 6.92 Å². The number of carbonyl (C=O) groups excluding carboxylic acids is 1. The maximum absolute atomic E-state index is 12.3. The molecule has 3 heteroatoms. The van der Waals surface area contributed by atoms with Crippen molar-refractivity contribution in [1.82, 2.24) is 4.90 Å². The van der Waals surface area contributed by atoms with Crippen LogP contribution < -0.4 is 0 Å². The normalized spacial score (nSPS) is 26.2. The largest absolute Gasteiger partial charge is 0.394 e. The van der Waals surface area contributed by atoms with E-state index in [1.807, 2.05) is 42.2 Å². The summed E-state index contributed by atoms with van der Waals surface area (Å²) in [7, 11) is 0. The smallest absolute Gasteiger partial charge is 0.226 e. The highest BCUT2D eigenvalue weighted by molar-refractivity contribution is 5.80. The molecule has 1 aliphatic rings. The molecule has 1 heterocycles. The van der Waals surface area contributed by atoms with Crippen molar-refractivity contribution < 1.29 is 9.90 Å². The quantitative estimate of drug-likeness (QED) is 0.890. The highest BCUT2D eigenvalue weighted by atomic mass is 16.3. The average molecular weight is 247 g/mol. The molecule has 1 N–H and O–H groups in total. The lowest BCUT2D eigenvalue weighted by molar-refractivity contribution is -0.145. The molecule has 1 aromatic carbocycles. The topological polar surface area (TPSA) is 40.5 Å². The molecule has 1 saturated heterocycles. The molecular formula is C15H21NO2. The molecule has 0 aliphatic carbocycles. The Hall–Kier alpha value is -1.35. The number of benzene rings is 1. The van der Waals surface area contributed by atoms with Gasteiger partial charge in [0.15, 0.2) is 0 Å². The summed E-state index contributed by atoms with van der Waals surface area (Å²) in [6, 6.07) is 9.77. The Morgan fingerprint density at radius 1 is 1.28 bits per heavy atom. The summed E-state index contributed by atoms with van der Waals surface area (Å²) in [6.07, 6.45) is 1.96. The van der Waals surface area contributed by atoms with Gasteiger partial charge >= 0.3 is 0 Å². The number of rotatable bonds is 3. The summed E-state index contributed by atoms with van der Waals surface area (Å²) in [5.41, 5.74) is 1.01. The molecule has 1 fully saturated rings. The lowest BCUT2D eigenvalue weighted by Crippen LogP contribution is -2.48. The molecule has 2 rings (SSSR count). The summed E-state index contributed by atoms with van der Waals surface area (Å²) in [5, 5.41) is 9.66. The number of likely N-dealkylation sites (tertiary alicyclic amines) is 1. The van der Waals surface area contributed by atoms with Crippen LogP contribution in [0.4, 0.5) is 0 Å². The second kappa shape index (κ2) is 5.53. The fourth-order valence-electron chi connectivity index (χ4n) is 2.72. The zero-order valence-electron chi connectivity index (χ0n) is 11.0. The van der Waals surface area contributed by atoms with E-state index in [1.165, 1.54) is 0 Å². The Balaban J connectivity index is 2.28. The van der Waals surface area contributed by atoms with Crippen molar-refractivity contribution in [2.24, 2.45) is 5.92 Å². The van der Waals surface area contributed by atoms with Crippen LogP contribution in [0.2, 0.25) is 0 Å². The zero-order chi connectivity index (χ0) is 13.1. The third kappa shape index (κ3) is 2.41. The van der Waals surface area contributed by atoms with E-state index in [1.54, 1.807) is 0 Å². The molecule has 0 radical (unpaired) electrons. The highest BCUT2D eigenvalue weighted by Gasteiger charge is 2.35. The molecule has 98 valence electrons. The predicted octanol–water partition coefficient (Wildman–Crippen LogP) is 2.37. The molecule has 0 bridgehead atoms. The number of hydrogen-bond acceptors (Lipinski definition) is 2. The third-order valence-corrected chi connectivity index (χ3v) is 3.86. The van der Waals surface area contributed by atoms with E-state index >= 15 is 0 Å². The van der Waals surface area contributed by atoms with Crippen LogP contribution in [0.5, 0.6) is 0 Å². The summed E-state index contributed by atoms with van der Waals surface area (Å²) in [5.74, 6) is 0.232. The van der Waals surface area contributed by atoms with Crippen molar-refractivity contribution in [3.8, 4) is 0 Å². The molecule has 0 unspecified atom stereocenters. The fourth-order valence-corrected chi connectivity index (χ4v) is 2.72. The van der Waals surface area contributed by atoms with Crippen LogP contribution in [-0.2, 0) is 4.79 Å². The second-order valence-corrected chi connectivity index (χ2v) is 5.18. The number of aliphatic hydroxyl groups is 1. The number of hydrogen-bond donors (Lipinski definition) is 1. The summed E-state index contributed by atoms with van der Waals surface area (Å²) in [6.45, 7) is 4.02. The van der Waals surface area contributed by atoms with Gasteiger partial charge in [-0.15, -0.1) is 0 Å². The van der Waals surface area contributed by atoms with Crippen LogP contribution >= 0.6 is 0 Å². The van der Waals surface area contributed by atoms with Crippen LogP contribution in [0.15, 0.2) is 30.3 Å². The van der Waals surface area contributed by atoms with Crippen molar-refractivity contribution in [2.45, 2.75) is 38.8 Å². The summed E-state index contributed by atoms with van der Waals surface area (Å²) < 4.78 is 0. The number of aliphatic hydroxyl groups excluding tert-OH is 1. The number of carbonyl (C=O) groups is 1. The van der Waals surface area contributed by atoms with Crippen LogP contribution in [0.25, 0.3) is 0 Å². The van der Waals surface area contributed by atoms with Gasteiger partial charge < -0.3 is 10.0 Å². The van der Waals surface area contributed by atoms with Gasteiger partial charge in [0.05, 0.1) is 12.6 Å². The Morgan fingerprint density at radius 2 is 1.94 bits per heavy atom. The van der Waals surface area contributed by atoms with Gasteiger partial charge in [0.2, 0.25) is 5.91 Å². The summed E-state index contributed by atoms with van der Waals surface area (Å²) >= 11 is 0. The van der Waals surface area contributed by atoms with Gasteiger partial charge in [-0.1, -0.05) is 37.3 Å². The molecule has 3 nitrogen and oxygen atoms in total. The van der Waals surface area contributed by atoms with E-state index in [0.29, 0.717) is 0 Å². The summed E-state index contributed by atoms with van der Waals surface area (Å²) in [4.78, 5) is 14.2. The standard InChI is InChI=1S/C15H21NO2/c1-11-8-9-12(2)16(15(11)18)14(10-17)13-6-4-3-5-7-13/h3-7,11-12,14,17H,8-10H2,1-2H3/t11-,12-,14-/m0/s1. The molecule has 1 aliphatic heterocycles. The molecule has 1 amide bonds. The first-order valence-corrected chi connectivity index (χ1v) is 6.63. The second-order valence-electron chi connectivity index (χ2n) is 5.18. The first-order valence-electron chi connectivity index (χ1n) is 6.63. The lowest BCUT2D eigenvalue weighted by Gasteiger charge is -2.41. The molecule has 0 aromatic heterocycles. The van der Waals surface area contributed by atoms with Gasteiger partial charge in [0, 0.05) is 12.0 Å². The van der Waals surface area contributed by atoms with Crippen LogP contribution in [-0.4, -0.2) is 28.6 Å². The third-order valence-electron chi connectivity index (χ3n) is 3.86. The minimum absolute atomic E-state index is 0.0210. The van der Waals surface area contributed by atoms with Gasteiger partial charge in [0.1, 0.15) is 0 Å². The van der Waals surface area contributed by atoms with Crippen molar-refractivity contribution in [1.29, 1.82) is 0 Å². The maximum Gasteiger partial charge on any atom is 0.226 e. The maximum atomic E-state index is 12.3. The number of amides is 1. The van der Waals surface area contributed by atoms with Crippen LogP contribution in [0.1, 0.15) is 38.3 Å². The Bertz CT molecular complexity index is 404. The van der Waals surface area contributed by atoms with Gasteiger partial charge in [0.25, 0.3) is 0 Å². The molecule has 0 saturated carbocycles. The molecule has 0 spiro atoms. The molecular weight excluding hydrogens is 226 g/mol. The zero-order valence-corrected chi connectivity index (χ0v) is 11.0. The van der Waals surface area contributed by atoms with Gasteiger partial charge in [-0.3, -0.25) is 4.79 Å². The van der Waals surface area contributed by atoms with Crippen LogP contribution in [0.3, 0.4) is 0 Å². The minimum Gasteiger partial charge on any atom is -0.394 e. The monoisotopic (exact) mass is 247 g/mol. The van der Waals surface area contributed by atoms with E-state index in [9.17, 15) is 9.90 Å². The van der Waals surface area contributed by atoms with Crippen molar-refractivity contribution >= 4 is 5.91 Å². The predicted molar refractivity (Wildman–Crippen MR) is 71.0 cm³/mol. The van der Waals surface area contributed by atoms with Crippen molar-refractivity contribution in [2.75, 3.05) is 6.61 Å².